The lowest BCUT2D eigenvalue weighted by Gasteiger charge is -2.33. The van der Waals surface area contributed by atoms with Crippen molar-refractivity contribution in [2.45, 2.75) is 24.7 Å². The first-order chi connectivity index (χ1) is 30.0. The molecule has 0 fully saturated rings. The lowest BCUT2D eigenvalue weighted by molar-refractivity contribution is 0.666. The van der Waals surface area contributed by atoms with Crippen LogP contribution in [0.1, 0.15) is 47.2 Å². The van der Waals surface area contributed by atoms with Gasteiger partial charge in [-0.2, -0.15) is 0 Å². The van der Waals surface area contributed by atoms with Gasteiger partial charge in [0.25, 0.3) is 0 Å². The molecule has 1 spiro atoms. The highest BCUT2D eigenvalue weighted by atomic mass is 15.1. The van der Waals surface area contributed by atoms with Crippen molar-refractivity contribution in [2.24, 2.45) is 0 Å². The average Bonchev–Trinajstić information content (AvgIpc) is 3.87. The number of benzene rings is 10. The number of rotatable bonds is 4. The zero-order valence-corrected chi connectivity index (χ0v) is 34.2. The predicted molar refractivity (Wildman–Crippen MR) is 255 cm³/mol. The van der Waals surface area contributed by atoms with Gasteiger partial charge in [-0.05, 0) is 130 Å². The Morgan fingerprint density at radius 1 is 0.328 bits per heavy atom. The molecule has 286 valence electrons. The molecule has 1 nitrogen and oxygen atoms in total. The van der Waals surface area contributed by atoms with E-state index in [1.807, 2.05) is 0 Å². The molecule has 0 aromatic heterocycles. The van der Waals surface area contributed by atoms with Crippen molar-refractivity contribution < 1.29 is 0 Å². The van der Waals surface area contributed by atoms with Crippen molar-refractivity contribution in [1.82, 2.24) is 0 Å². The maximum Gasteiger partial charge on any atom is 0.0726 e. The molecule has 61 heavy (non-hydrogen) atoms. The summed E-state index contributed by atoms with van der Waals surface area (Å²) in [5.74, 6) is 0. The summed E-state index contributed by atoms with van der Waals surface area (Å²) in [6, 6.07) is 79.8. The Hall–Kier alpha value is -7.48. The van der Waals surface area contributed by atoms with Crippen LogP contribution in [0, 0.1) is 0 Å². The maximum atomic E-state index is 2.54. The third-order valence-electron chi connectivity index (χ3n) is 14.2. The predicted octanol–water partition coefficient (Wildman–Crippen LogP) is 15.8. The molecule has 13 rings (SSSR count). The molecule has 0 unspecified atom stereocenters. The molecule has 0 aliphatic heterocycles. The molecule has 0 radical (unpaired) electrons. The van der Waals surface area contributed by atoms with Crippen molar-refractivity contribution >= 4 is 38.6 Å². The number of hydrogen-bond acceptors (Lipinski definition) is 1. The molecule has 0 heterocycles. The minimum absolute atomic E-state index is 0.198. The summed E-state index contributed by atoms with van der Waals surface area (Å²) < 4.78 is 0. The third-order valence-corrected chi connectivity index (χ3v) is 14.2. The van der Waals surface area contributed by atoms with Gasteiger partial charge in [0.1, 0.15) is 0 Å². The van der Waals surface area contributed by atoms with Gasteiger partial charge in [-0.25, -0.2) is 0 Å². The summed E-state index contributed by atoms with van der Waals surface area (Å²) in [6.45, 7) is 4.82. The second kappa shape index (κ2) is 12.5. The monoisotopic (exact) mass is 775 g/mol. The Labute approximate surface area is 356 Å². The molecule has 3 aliphatic carbocycles. The molecule has 10 aromatic carbocycles. The summed E-state index contributed by atoms with van der Waals surface area (Å²) >= 11 is 0. The van der Waals surface area contributed by atoms with Crippen LogP contribution in [0.5, 0.6) is 0 Å². The fourth-order valence-electron chi connectivity index (χ4n) is 11.6. The highest BCUT2D eigenvalue weighted by molar-refractivity contribution is 6.08. The van der Waals surface area contributed by atoms with E-state index < -0.39 is 5.41 Å². The van der Waals surface area contributed by atoms with Crippen molar-refractivity contribution in [2.75, 3.05) is 4.90 Å². The molecular formula is C60H41N. The number of fused-ring (bicyclic) bond motifs is 16. The van der Waals surface area contributed by atoms with Crippen molar-refractivity contribution in [3.8, 4) is 44.5 Å². The first-order valence-corrected chi connectivity index (χ1v) is 21.5. The second-order valence-corrected chi connectivity index (χ2v) is 17.6. The second-order valence-electron chi connectivity index (χ2n) is 17.6. The minimum Gasteiger partial charge on any atom is -0.310 e. The fraction of sp³-hybridized carbons (Fsp3) is 0.0667. The van der Waals surface area contributed by atoms with Gasteiger partial charge < -0.3 is 4.90 Å². The van der Waals surface area contributed by atoms with E-state index in [2.05, 4.69) is 231 Å². The van der Waals surface area contributed by atoms with Gasteiger partial charge in [0, 0.05) is 22.2 Å². The Morgan fingerprint density at radius 2 is 0.852 bits per heavy atom. The summed E-state index contributed by atoms with van der Waals surface area (Å²) in [7, 11) is 0. The van der Waals surface area contributed by atoms with Gasteiger partial charge >= 0.3 is 0 Å². The fourth-order valence-corrected chi connectivity index (χ4v) is 11.6. The molecular weight excluding hydrogens is 735 g/mol. The highest BCUT2D eigenvalue weighted by Gasteiger charge is 2.51. The topological polar surface area (TPSA) is 3.24 Å². The maximum absolute atomic E-state index is 2.54. The molecule has 10 aromatic rings. The summed E-state index contributed by atoms with van der Waals surface area (Å²) in [5.41, 5.74) is 21.4. The van der Waals surface area contributed by atoms with E-state index in [-0.39, 0.29) is 5.41 Å². The molecule has 3 aliphatic rings. The molecule has 1 heteroatoms. The van der Waals surface area contributed by atoms with Crippen LogP contribution in [0.2, 0.25) is 0 Å². The number of nitrogens with zero attached hydrogens (tertiary/aromatic N) is 1. The molecule has 0 atom stereocenters. The molecule has 0 amide bonds. The van der Waals surface area contributed by atoms with Gasteiger partial charge in [-0.1, -0.05) is 190 Å². The molecule has 0 saturated carbocycles. The van der Waals surface area contributed by atoms with Crippen molar-refractivity contribution in [3.05, 3.63) is 246 Å². The van der Waals surface area contributed by atoms with E-state index in [0.717, 1.165) is 11.4 Å². The Morgan fingerprint density at radius 3 is 1.56 bits per heavy atom. The summed E-state index contributed by atoms with van der Waals surface area (Å²) in [5, 5.41) is 5.00. The van der Waals surface area contributed by atoms with Gasteiger partial charge in [-0.15, -0.1) is 0 Å². The SMILES string of the molecule is CC1(C)c2cc(-c3ccccc3)ccc2-c2cc(N(c3ccc4c(c3)C3(c5ccccc5-c5ccccc53)c3ccccc3-4)c3ccc4ccccc4c3)c3ccccc3c21. The Bertz CT molecular complexity index is 3400. The summed E-state index contributed by atoms with van der Waals surface area (Å²) in [4.78, 5) is 2.54. The van der Waals surface area contributed by atoms with Crippen molar-refractivity contribution in [1.29, 1.82) is 0 Å². The molecule has 0 bridgehead atoms. The van der Waals surface area contributed by atoms with Gasteiger partial charge in [0.15, 0.2) is 0 Å². The van der Waals surface area contributed by atoms with E-state index in [0.29, 0.717) is 0 Å². The van der Waals surface area contributed by atoms with E-state index in [1.54, 1.807) is 0 Å². The van der Waals surface area contributed by atoms with Crippen LogP contribution in [0.15, 0.2) is 212 Å². The first-order valence-electron chi connectivity index (χ1n) is 21.5. The lowest BCUT2D eigenvalue weighted by atomic mass is 9.70. The van der Waals surface area contributed by atoms with Crippen LogP contribution in [-0.4, -0.2) is 0 Å². The van der Waals surface area contributed by atoms with Crippen LogP contribution in [0.3, 0.4) is 0 Å². The van der Waals surface area contributed by atoms with E-state index in [4.69, 9.17) is 0 Å². The quantitative estimate of drug-likeness (QED) is 0.172. The Kier molecular flexibility index (Phi) is 7.06. The van der Waals surface area contributed by atoms with Gasteiger partial charge in [0.2, 0.25) is 0 Å². The van der Waals surface area contributed by atoms with Crippen molar-refractivity contribution in [3.63, 3.8) is 0 Å². The van der Waals surface area contributed by atoms with Gasteiger partial charge in [-0.3, -0.25) is 0 Å². The van der Waals surface area contributed by atoms with E-state index >= 15 is 0 Å². The van der Waals surface area contributed by atoms with Crippen LogP contribution in [0.25, 0.3) is 66.1 Å². The lowest BCUT2D eigenvalue weighted by Crippen LogP contribution is -2.26. The zero-order valence-electron chi connectivity index (χ0n) is 34.2. The number of anilines is 3. The van der Waals surface area contributed by atoms with E-state index in [1.165, 1.54) is 105 Å². The molecule has 0 saturated heterocycles. The van der Waals surface area contributed by atoms with Crippen LogP contribution in [-0.2, 0) is 10.8 Å². The smallest absolute Gasteiger partial charge is 0.0726 e. The number of hydrogen-bond donors (Lipinski definition) is 0. The van der Waals surface area contributed by atoms with Crippen LogP contribution >= 0.6 is 0 Å². The zero-order chi connectivity index (χ0) is 40.5. The first kappa shape index (κ1) is 34.4. The standard InChI is InChI=1S/C60H41N/c1-59(2)55-35-41(38-16-4-3-5-17-38)29-32-48(55)51-37-57(49-23-8-9-24-50(49)58(51)59)61(42-30-28-39-18-6-7-19-40(39)34-42)43-31-33-47-46-22-12-15-27-54(46)60(56(47)36-43)52-25-13-10-20-44(52)45-21-11-14-26-53(45)60/h3-37H,1-2H3. The third kappa shape index (κ3) is 4.61. The van der Waals surface area contributed by atoms with Crippen LogP contribution in [0.4, 0.5) is 17.1 Å². The van der Waals surface area contributed by atoms with Gasteiger partial charge in [0.05, 0.1) is 11.1 Å². The van der Waals surface area contributed by atoms with Crippen LogP contribution < -0.4 is 4.90 Å². The average molecular weight is 776 g/mol. The van der Waals surface area contributed by atoms with E-state index in [9.17, 15) is 0 Å². The summed E-state index contributed by atoms with van der Waals surface area (Å²) in [6.07, 6.45) is 0. The Balaban J connectivity index is 1.10. The largest absolute Gasteiger partial charge is 0.310 e. The highest BCUT2D eigenvalue weighted by Crippen LogP contribution is 2.64. The normalized spacial score (nSPS) is 14.3. The minimum atomic E-state index is -0.441. The molecule has 0 N–H and O–H groups in total.